The molecular weight excluding hydrogens is 550 g/mol. The molecule has 3 atom stereocenters. The molecule has 1 aliphatic rings. The second-order valence-electron chi connectivity index (χ2n) is 10.2. The molecule has 2 aromatic carbocycles. The minimum atomic E-state index is -3.83. The molecule has 13 heteroatoms. The van der Waals surface area contributed by atoms with E-state index in [0.717, 1.165) is 0 Å². The van der Waals surface area contributed by atoms with Crippen molar-refractivity contribution in [3.63, 3.8) is 0 Å². The number of para-hydroxylation sites is 1. The summed E-state index contributed by atoms with van der Waals surface area (Å²) in [7, 11) is -2.36. The lowest BCUT2D eigenvalue weighted by atomic mass is 9.99. The first-order chi connectivity index (χ1) is 19.4. The minimum Gasteiger partial charge on any atom is -0.486 e. The first-order valence-corrected chi connectivity index (χ1v) is 14.6. The molecule has 12 nitrogen and oxygen atoms in total. The molecule has 0 saturated carbocycles. The predicted molar refractivity (Wildman–Crippen MR) is 152 cm³/mol. The monoisotopic (exact) mass is 585 g/mol. The second kappa shape index (κ2) is 12.3. The summed E-state index contributed by atoms with van der Waals surface area (Å²) in [5.74, 6) is -0.202. The van der Waals surface area contributed by atoms with Crippen molar-refractivity contribution in [2.45, 2.75) is 44.7 Å². The van der Waals surface area contributed by atoms with Crippen LogP contribution in [-0.4, -0.2) is 78.7 Å². The maximum Gasteiger partial charge on any atom is 0.323 e. The SMILES string of the molecule is Cc1noc(C)c1NC(=O)Nc1cccc2c1O[C@H](CN(C)S(=O)(=O)c1ccccc1)[C@@H](C)CN([C@@H](C)CO)C2=O. The van der Waals surface area contributed by atoms with E-state index in [1.54, 1.807) is 62.1 Å². The number of aryl methyl sites for hydroxylation is 2. The number of anilines is 2. The number of ether oxygens (including phenoxy) is 1. The van der Waals surface area contributed by atoms with Gasteiger partial charge in [-0.25, -0.2) is 13.2 Å². The second-order valence-corrected chi connectivity index (χ2v) is 12.2. The number of urea groups is 1. The Morgan fingerprint density at radius 3 is 2.51 bits per heavy atom. The fraction of sp³-hybridized carbons (Fsp3) is 0.393. The molecule has 2 heterocycles. The van der Waals surface area contributed by atoms with E-state index >= 15 is 0 Å². The van der Waals surface area contributed by atoms with Crippen LogP contribution < -0.4 is 15.4 Å². The summed E-state index contributed by atoms with van der Waals surface area (Å²) in [6.45, 7) is 6.85. The van der Waals surface area contributed by atoms with Crippen LogP contribution in [0.1, 0.15) is 35.7 Å². The number of aliphatic hydroxyl groups excluding tert-OH is 1. The number of hydrogen-bond donors (Lipinski definition) is 3. The number of fused-ring (bicyclic) bond motifs is 1. The molecule has 0 bridgehead atoms. The molecule has 0 aliphatic carbocycles. The average Bonchev–Trinajstić information content (AvgIpc) is 3.27. The van der Waals surface area contributed by atoms with Crippen LogP contribution in [0, 0.1) is 19.8 Å². The largest absolute Gasteiger partial charge is 0.486 e. The van der Waals surface area contributed by atoms with Crippen LogP contribution in [0.2, 0.25) is 0 Å². The Bertz CT molecular complexity index is 1490. The van der Waals surface area contributed by atoms with E-state index in [4.69, 9.17) is 9.26 Å². The van der Waals surface area contributed by atoms with Crippen LogP contribution in [0.4, 0.5) is 16.2 Å². The van der Waals surface area contributed by atoms with Gasteiger partial charge >= 0.3 is 6.03 Å². The van der Waals surface area contributed by atoms with Crippen molar-refractivity contribution in [3.8, 4) is 5.75 Å². The quantitative estimate of drug-likeness (QED) is 0.363. The molecular formula is C28H35N5O7S. The lowest BCUT2D eigenvalue weighted by molar-refractivity contribution is 0.0389. The highest BCUT2D eigenvalue weighted by molar-refractivity contribution is 7.89. The summed E-state index contributed by atoms with van der Waals surface area (Å²) < 4.78 is 39.3. The summed E-state index contributed by atoms with van der Waals surface area (Å²) >= 11 is 0. The zero-order chi connectivity index (χ0) is 29.9. The van der Waals surface area contributed by atoms with Crippen molar-refractivity contribution < 1.29 is 32.4 Å². The molecule has 3 aromatic rings. The fourth-order valence-corrected chi connectivity index (χ4v) is 5.82. The highest BCUT2D eigenvalue weighted by Gasteiger charge is 2.36. The van der Waals surface area contributed by atoms with Gasteiger partial charge in [-0.3, -0.25) is 4.79 Å². The highest BCUT2D eigenvalue weighted by atomic mass is 32.2. The molecule has 1 aromatic heterocycles. The molecule has 0 spiro atoms. The predicted octanol–water partition coefficient (Wildman–Crippen LogP) is 3.48. The first kappa shape index (κ1) is 30.0. The maximum atomic E-state index is 13.7. The summed E-state index contributed by atoms with van der Waals surface area (Å²) in [6.07, 6.45) is -0.715. The third-order valence-electron chi connectivity index (χ3n) is 7.10. The van der Waals surface area contributed by atoms with Gasteiger partial charge in [0.05, 0.1) is 35.3 Å². The van der Waals surface area contributed by atoms with Crippen LogP contribution in [0.3, 0.4) is 0 Å². The Balaban J connectivity index is 1.70. The van der Waals surface area contributed by atoms with Gasteiger partial charge in [-0.05, 0) is 45.0 Å². The van der Waals surface area contributed by atoms with Crippen molar-refractivity contribution in [2.24, 2.45) is 5.92 Å². The number of carbonyl (C=O) groups excluding carboxylic acids is 2. The van der Waals surface area contributed by atoms with E-state index in [1.807, 2.05) is 6.92 Å². The number of likely N-dealkylation sites (N-methyl/N-ethyl adjacent to an activating group) is 1. The van der Waals surface area contributed by atoms with E-state index in [-0.39, 0.29) is 53.4 Å². The smallest absolute Gasteiger partial charge is 0.323 e. The van der Waals surface area contributed by atoms with Gasteiger partial charge in [0, 0.05) is 19.5 Å². The third-order valence-corrected chi connectivity index (χ3v) is 8.94. The average molecular weight is 586 g/mol. The van der Waals surface area contributed by atoms with Crippen LogP contribution in [0.15, 0.2) is 57.9 Å². The van der Waals surface area contributed by atoms with Crippen LogP contribution in [0.25, 0.3) is 0 Å². The molecule has 3 amide bonds. The van der Waals surface area contributed by atoms with E-state index in [1.165, 1.54) is 23.5 Å². The van der Waals surface area contributed by atoms with Gasteiger partial charge in [-0.1, -0.05) is 36.3 Å². The van der Waals surface area contributed by atoms with E-state index in [0.29, 0.717) is 17.1 Å². The van der Waals surface area contributed by atoms with Crippen molar-refractivity contribution in [1.29, 1.82) is 0 Å². The summed E-state index contributed by atoms with van der Waals surface area (Å²) in [5, 5.41) is 19.2. The lowest BCUT2D eigenvalue weighted by Gasteiger charge is -2.38. The van der Waals surface area contributed by atoms with Crippen molar-refractivity contribution in [1.82, 2.24) is 14.4 Å². The molecule has 3 N–H and O–H groups in total. The molecule has 1 aliphatic heterocycles. The number of amides is 3. The van der Waals surface area contributed by atoms with Crippen molar-refractivity contribution in [2.75, 3.05) is 37.4 Å². The standard InChI is InChI=1S/C28H35N5O7S/c1-17-14-33(18(2)16-34)27(35)22-12-9-13-23(29-28(36)30-25-19(3)31-40-20(25)4)26(22)39-24(17)15-32(5)41(37,38)21-10-7-6-8-11-21/h6-13,17-18,24,34H,14-16H2,1-5H3,(H2,29,30,36)/t17-,18-,24+/m0/s1. The van der Waals surface area contributed by atoms with Gasteiger partial charge in [0.2, 0.25) is 10.0 Å². The topological polar surface area (TPSA) is 154 Å². The summed E-state index contributed by atoms with van der Waals surface area (Å²) in [5.41, 5.74) is 1.30. The van der Waals surface area contributed by atoms with Gasteiger partial charge in [-0.2, -0.15) is 4.31 Å². The van der Waals surface area contributed by atoms with Gasteiger partial charge in [0.25, 0.3) is 5.91 Å². The Hall–Kier alpha value is -3.94. The number of sulfonamides is 1. The van der Waals surface area contributed by atoms with Gasteiger partial charge in [0.1, 0.15) is 17.5 Å². The Labute approximate surface area is 239 Å². The molecule has 0 unspecified atom stereocenters. The fourth-order valence-electron chi connectivity index (χ4n) is 4.61. The van der Waals surface area contributed by atoms with Crippen molar-refractivity contribution in [3.05, 3.63) is 65.5 Å². The van der Waals surface area contributed by atoms with Gasteiger partial charge in [-0.15, -0.1) is 0 Å². The number of rotatable bonds is 8. The number of aliphatic hydroxyl groups is 1. The summed E-state index contributed by atoms with van der Waals surface area (Å²) in [4.78, 5) is 28.3. The number of nitrogens with zero attached hydrogens (tertiary/aromatic N) is 3. The molecule has 0 saturated heterocycles. The van der Waals surface area contributed by atoms with Gasteiger partial charge < -0.3 is 29.9 Å². The number of hydrogen-bond acceptors (Lipinski definition) is 8. The Kier molecular flexibility index (Phi) is 9.00. The zero-order valence-corrected chi connectivity index (χ0v) is 24.4. The minimum absolute atomic E-state index is 0.0347. The molecule has 220 valence electrons. The summed E-state index contributed by atoms with van der Waals surface area (Å²) in [6, 6.07) is 11.7. The van der Waals surface area contributed by atoms with E-state index in [2.05, 4.69) is 15.8 Å². The Morgan fingerprint density at radius 2 is 1.88 bits per heavy atom. The molecule has 0 fully saturated rings. The lowest BCUT2D eigenvalue weighted by Crippen LogP contribution is -2.50. The normalized spacial score (nSPS) is 18.2. The van der Waals surface area contributed by atoms with Crippen LogP contribution in [-0.2, 0) is 10.0 Å². The number of benzene rings is 2. The van der Waals surface area contributed by atoms with Gasteiger partial charge in [0.15, 0.2) is 11.5 Å². The Morgan fingerprint density at radius 1 is 1.17 bits per heavy atom. The number of nitrogens with one attached hydrogen (secondary N) is 2. The first-order valence-electron chi connectivity index (χ1n) is 13.2. The molecule has 0 radical (unpaired) electrons. The molecule has 4 rings (SSSR count). The number of carbonyl (C=O) groups is 2. The van der Waals surface area contributed by atoms with Crippen LogP contribution >= 0.6 is 0 Å². The number of aromatic nitrogens is 1. The van der Waals surface area contributed by atoms with Crippen LogP contribution in [0.5, 0.6) is 5.75 Å². The van der Waals surface area contributed by atoms with Crippen molar-refractivity contribution >= 4 is 33.3 Å². The highest BCUT2D eigenvalue weighted by Crippen LogP contribution is 2.35. The molecule has 41 heavy (non-hydrogen) atoms. The zero-order valence-electron chi connectivity index (χ0n) is 23.6. The maximum absolute atomic E-state index is 13.7. The van der Waals surface area contributed by atoms with E-state index < -0.39 is 28.2 Å². The third kappa shape index (κ3) is 6.37. The van der Waals surface area contributed by atoms with E-state index in [9.17, 15) is 23.1 Å².